The molecule has 0 saturated carbocycles. The quantitative estimate of drug-likeness (QED) is 0.771. The Morgan fingerprint density at radius 1 is 1.50 bits per heavy atom. The molecule has 0 aromatic rings. The van der Waals surface area contributed by atoms with Crippen LogP contribution in [0.4, 0.5) is 0 Å². The summed E-state index contributed by atoms with van der Waals surface area (Å²) in [5.74, 6) is 0.0737. The van der Waals surface area contributed by atoms with Crippen molar-refractivity contribution in [3.63, 3.8) is 0 Å². The lowest BCUT2D eigenvalue weighted by atomic mass is 9.96. The van der Waals surface area contributed by atoms with E-state index in [1.165, 1.54) is 0 Å². The van der Waals surface area contributed by atoms with E-state index in [4.69, 9.17) is 5.73 Å². The summed E-state index contributed by atoms with van der Waals surface area (Å²) in [6.07, 6.45) is 2.79. The second-order valence-electron chi connectivity index (χ2n) is 5.22. The molecule has 1 fully saturated rings. The number of piperidine rings is 1. The first-order valence-electron chi connectivity index (χ1n) is 6.13. The SMILES string of the molecule is CCC(C)(N)C(=O)N(C)C1CCN(C)CC1. The van der Waals surface area contributed by atoms with Gasteiger partial charge < -0.3 is 15.5 Å². The van der Waals surface area contributed by atoms with E-state index in [2.05, 4.69) is 11.9 Å². The number of nitrogens with two attached hydrogens (primary N) is 1. The van der Waals surface area contributed by atoms with Gasteiger partial charge in [0.05, 0.1) is 5.54 Å². The molecule has 1 rings (SSSR count). The summed E-state index contributed by atoms with van der Waals surface area (Å²) in [5, 5.41) is 0. The number of carbonyl (C=O) groups is 1. The Morgan fingerprint density at radius 2 is 2.00 bits per heavy atom. The van der Waals surface area contributed by atoms with Crippen molar-refractivity contribution in [1.29, 1.82) is 0 Å². The topological polar surface area (TPSA) is 49.6 Å². The van der Waals surface area contributed by atoms with Crippen LogP contribution in [0.5, 0.6) is 0 Å². The van der Waals surface area contributed by atoms with Crippen molar-refractivity contribution < 1.29 is 4.79 Å². The van der Waals surface area contributed by atoms with Crippen LogP contribution in [0.1, 0.15) is 33.1 Å². The Kier molecular flexibility index (Phi) is 4.33. The first-order valence-corrected chi connectivity index (χ1v) is 6.13. The monoisotopic (exact) mass is 227 g/mol. The Hall–Kier alpha value is -0.610. The van der Waals surface area contributed by atoms with Gasteiger partial charge in [0.2, 0.25) is 5.91 Å². The Bertz CT molecular complexity index is 245. The maximum Gasteiger partial charge on any atom is 0.242 e. The number of nitrogens with zero attached hydrogens (tertiary/aromatic N) is 2. The van der Waals surface area contributed by atoms with E-state index in [1.54, 1.807) is 0 Å². The van der Waals surface area contributed by atoms with E-state index in [-0.39, 0.29) is 5.91 Å². The summed E-state index contributed by atoms with van der Waals surface area (Å²) < 4.78 is 0. The first-order chi connectivity index (χ1) is 7.38. The van der Waals surface area contributed by atoms with Gasteiger partial charge in [-0.3, -0.25) is 4.79 Å². The van der Waals surface area contributed by atoms with E-state index in [1.807, 2.05) is 25.8 Å². The van der Waals surface area contributed by atoms with Crippen LogP contribution in [0.25, 0.3) is 0 Å². The zero-order chi connectivity index (χ0) is 12.3. The molecule has 4 heteroatoms. The van der Waals surface area contributed by atoms with E-state index >= 15 is 0 Å². The molecule has 0 spiro atoms. The molecule has 94 valence electrons. The molecule has 16 heavy (non-hydrogen) atoms. The lowest BCUT2D eigenvalue weighted by Crippen LogP contribution is -2.55. The summed E-state index contributed by atoms with van der Waals surface area (Å²) in [7, 11) is 4.01. The van der Waals surface area contributed by atoms with Crippen LogP contribution >= 0.6 is 0 Å². The molecule has 1 heterocycles. The van der Waals surface area contributed by atoms with Crippen LogP contribution < -0.4 is 5.73 Å². The average molecular weight is 227 g/mol. The number of likely N-dealkylation sites (tertiary alicyclic amines) is 1. The standard InChI is InChI=1S/C12H25N3O/c1-5-12(2,13)11(16)15(4)10-6-8-14(3)9-7-10/h10H,5-9,13H2,1-4H3. The highest BCUT2D eigenvalue weighted by atomic mass is 16.2. The van der Waals surface area contributed by atoms with Crippen molar-refractivity contribution >= 4 is 5.91 Å². The van der Waals surface area contributed by atoms with Crippen molar-refractivity contribution in [3.8, 4) is 0 Å². The molecule has 1 atom stereocenters. The molecule has 1 saturated heterocycles. The lowest BCUT2D eigenvalue weighted by Gasteiger charge is -2.38. The number of likely N-dealkylation sites (N-methyl/N-ethyl adjacent to an activating group) is 1. The fourth-order valence-electron chi connectivity index (χ4n) is 2.10. The van der Waals surface area contributed by atoms with Crippen LogP contribution in [0, 0.1) is 0 Å². The van der Waals surface area contributed by atoms with E-state index in [0.29, 0.717) is 12.5 Å². The van der Waals surface area contributed by atoms with E-state index in [9.17, 15) is 4.79 Å². The lowest BCUT2D eigenvalue weighted by molar-refractivity contribution is -0.138. The normalized spacial score (nSPS) is 22.8. The highest BCUT2D eigenvalue weighted by Gasteiger charge is 2.33. The number of hydrogen-bond donors (Lipinski definition) is 1. The molecule has 0 aliphatic carbocycles. The average Bonchev–Trinajstić information content (AvgIpc) is 2.28. The van der Waals surface area contributed by atoms with Crippen molar-refractivity contribution in [3.05, 3.63) is 0 Å². The van der Waals surface area contributed by atoms with E-state index < -0.39 is 5.54 Å². The fourth-order valence-corrected chi connectivity index (χ4v) is 2.10. The van der Waals surface area contributed by atoms with Gasteiger partial charge in [-0.1, -0.05) is 6.92 Å². The Balaban J connectivity index is 2.57. The summed E-state index contributed by atoms with van der Waals surface area (Å²) in [6.45, 7) is 5.91. The van der Waals surface area contributed by atoms with Crippen molar-refractivity contribution in [2.45, 2.75) is 44.7 Å². The molecule has 1 unspecified atom stereocenters. The summed E-state index contributed by atoms with van der Waals surface area (Å²) in [4.78, 5) is 16.3. The first kappa shape index (κ1) is 13.5. The van der Waals surface area contributed by atoms with Crippen LogP contribution in [-0.2, 0) is 4.79 Å². The van der Waals surface area contributed by atoms with Gasteiger partial charge in [-0.05, 0) is 46.3 Å². The zero-order valence-electron chi connectivity index (χ0n) is 11.0. The van der Waals surface area contributed by atoms with Gasteiger partial charge in [-0.15, -0.1) is 0 Å². The Morgan fingerprint density at radius 3 is 2.44 bits per heavy atom. The maximum atomic E-state index is 12.2. The third kappa shape index (κ3) is 2.95. The summed E-state index contributed by atoms with van der Waals surface area (Å²) >= 11 is 0. The van der Waals surface area contributed by atoms with Crippen LogP contribution in [0.3, 0.4) is 0 Å². The number of rotatable bonds is 3. The van der Waals surface area contributed by atoms with Crippen molar-refractivity contribution in [2.75, 3.05) is 27.2 Å². The minimum atomic E-state index is -0.710. The van der Waals surface area contributed by atoms with Gasteiger partial charge in [-0.25, -0.2) is 0 Å². The van der Waals surface area contributed by atoms with Crippen LogP contribution in [-0.4, -0.2) is 54.5 Å². The molecule has 0 aromatic carbocycles. The minimum absolute atomic E-state index is 0.0737. The molecule has 0 bridgehead atoms. The molecule has 4 nitrogen and oxygen atoms in total. The van der Waals surface area contributed by atoms with Gasteiger partial charge in [0, 0.05) is 13.1 Å². The molecule has 0 radical (unpaired) electrons. The smallest absolute Gasteiger partial charge is 0.242 e. The maximum absolute atomic E-state index is 12.2. The Labute approximate surface area is 98.8 Å². The zero-order valence-corrected chi connectivity index (χ0v) is 11.0. The van der Waals surface area contributed by atoms with Gasteiger partial charge >= 0.3 is 0 Å². The highest BCUT2D eigenvalue weighted by molar-refractivity contribution is 5.85. The van der Waals surface area contributed by atoms with Gasteiger partial charge in [0.15, 0.2) is 0 Å². The largest absolute Gasteiger partial charge is 0.341 e. The van der Waals surface area contributed by atoms with Crippen molar-refractivity contribution in [1.82, 2.24) is 9.80 Å². The van der Waals surface area contributed by atoms with Gasteiger partial charge in [0.1, 0.15) is 0 Å². The predicted molar refractivity (Wildman–Crippen MR) is 66.2 cm³/mol. The molecule has 1 aliphatic rings. The number of carbonyl (C=O) groups excluding carboxylic acids is 1. The number of amides is 1. The molecule has 0 aromatic heterocycles. The van der Waals surface area contributed by atoms with Crippen LogP contribution in [0.15, 0.2) is 0 Å². The molecule has 2 N–H and O–H groups in total. The van der Waals surface area contributed by atoms with Gasteiger partial charge in [0.25, 0.3) is 0 Å². The second-order valence-corrected chi connectivity index (χ2v) is 5.22. The third-order valence-corrected chi connectivity index (χ3v) is 3.78. The second kappa shape index (κ2) is 5.15. The van der Waals surface area contributed by atoms with Crippen molar-refractivity contribution in [2.24, 2.45) is 5.73 Å². The highest BCUT2D eigenvalue weighted by Crippen LogP contribution is 2.18. The minimum Gasteiger partial charge on any atom is -0.341 e. The van der Waals surface area contributed by atoms with Gasteiger partial charge in [-0.2, -0.15) is 0 Å². The fraction of sp³-hybridized carbons (Fsp3) is 0.917. The molecular formula is C12H25N3O. The summed E-state index contributed by atoms with van der Waals surface area (Å²) in [6, 6.07) is 0.359. The molecule has 1 amide bonds. The third-order valence-electron chi connectivity index (χ3n) is 3.78. The van der Waals surface area contributed by atoms with E-state index in [0.717, 1.165) is 25.9 Å². The number of hydrogen-bond acceptors (Lipinski definition) is 3. The molecule has 1 aliphatic heterocycles. The predicted octanol–water partition coefficient (Wildman–Crippen LogP) is 0.666. The summed E-state index contributed by atoms with van der Waals surface area (Å²) in [5.41, 5.74) is 5.28. The molecular weight excluding hydrogens is 202 g/mol. The van der Waals surface area contributed by atoms with Crippen LogP contribution in [0.2, 0.25) is 0 Å².